The fraction of sp³-hybridized carbons (Fsp3) is 0.176. The average Bonchev–Trinajstić information content (AvgIpc) is 2.54. The van der Waals surface area contributed by atoms with Crippen molar-refractivity contribution in [3.63, 3.8) is 0 Å². The molecule has 0 unspecified atom stereocenters. The number of nitrogens with one attached hydrogen (secondary N) is 2. The predicted molar refractivity (Wildman–Crippen MR) is 94.8 cm³/mol. The summed E-state index contributed by atoms with van der Waals surface area (Å²) < 4.78 is 5.23. The van der Waals surface area contributed by atoms with Gasteiger partial charge in [0.1, 0.15) is 5.75 Å². The van der Waals surface area contributed by atoms with Crippen LogP contribution < -0.4 is 15.4 Å². The first-order valence-electron chi connectivity index (χ1n) is 7.17. The lowest BCUT2D eigenvalue weighted by Crippen LogP contribution is -2.36. The van der Waals surface area contributed by atoms with E-state index in [1.54, 1.807) is 7.11 Å². The molecular formula is C17H16Cl2N2O3. The molecule has 0 aliphatic rings. The van der Waals surface area contributed by atoms with E-state index in [1.165, 1.54) is 18.2 Å². The number of methoxy groups -OCH3 is 1. The molecule has 2 amide bonds. The lowest BCUT2D eigenvalue weighted by molar-refractivity contribution is -0.136. The van der Waals surface area contributed by atoms with E-state index >= 15 is 0 Å². The summed E-state index contributed by atoms with van der Waals surface area (Å²) >= 11 is 11.7. The summed E-state index contributed by atoms with van der Waals surface area (Å²) in [5.74, 6) is -0.779. The first-order chi connectivity index (χ1) is 11.5. The van der Waals surface area contributed by atoms with Crippen LogP contribution in [0.2, 0.25) is 10.0 Å². The number of hydrogen-bond acceptors (Lipinski definition) is 3. The van der Waals surface area contributed by atoms with Crippen LogP contribution in [-0.2, 0) is 16.0 Å². The molecule has 0 atom stereocenters. The number of amides is 2. The fourth-order valence-electron chi connectivity index (χ4n) is 2.11. The van der Waals surface area contributed by atoms with E-state index < -0.39 is 11.8 Å². The van der Waals surface area contributed by atoms with Crippen molar-refractivity contribution in [2.45, 2.75) is 6.42 Å². The Bertz CT molecular complexity index is 730. The third-order valence-electron chi connectivity index (χ3n) is 3.20. The van der Waals surface area contributed by atoms with Gasteiger partial charge in [-0.3, -0.25) is 9.59 Å². The maximum Gasteiger partial charge on any atom is 0.313 e. The van der Waals surface area contributed by atoms with Gasteiger partial charge in [-0.2, -0.15) is 0 Å². The monoisotopic (exact) mass is 366 g/mol. The lowest BCUT2D eigenvalue weighted by Gasteiger charge is -2.09. The van der Waals surface area contributed by atoms with Crippen LogP contribution in [0.15, 0.2) is 42.5 Å². The van der Waals surface area contributed by atoms with Gasteiger partial charge >= 0.3 is 11.8 Å². The van der Waals surface area contributed by atoms with Gasteiger partial charge in [-0.1, -0.05) is 41.4 Å². The molecule has 2 aromatic carbocycles. The van der Waals surface area contributed by atoms with Gasteiger partial charge in [0, 0.05) is 22.3 Å². The Hall–Kier alpha value is -2.24. The molecule has 2 rings (SSSR count). The van der Waals surface area contributed by atoms with Gasteiger partial charge in [0.25, 0.3) is 0 Å². The van der Waals surface area contributed by atoms with Gasteiger partial charge in [0.2, 0.25) is 0 Å². The molecule has 7 heteroatoms. The first-order valence-corrected chi connectivity index (χ1v) is 7.92. The van der Waals surface area contributed by atoms with E-state index in [2.05, 4.69) is 10.6 Å². The second-order valence-electron chi connectivity index (χ2n) is 4.93. The summed E-state index contributed by atoms with van der Waals surface area (Å²) in [6.45, 7) is 0.308. The first kappa shape index (κ1) is 18.1. The average molecular weight is 367 g/mol. The normalized spacial score (nSPS) is 10.1. The molecule has 2 aromatic rings. The topological polar surface area (TPSA) is 67.4 Å². The maximum absolute atomic E-state index is 11.9. The van der Waals surface area contributed by atoms with Crippen LogP contribution in [0.25, 0.3) is 0 Å². The van der Waals surface area contributed by atoms with Crippen LogP contribution in [0.5, 0.6) is 5.75 Å². The number of hydrogen-bond donors (Lipinski definition) is 2. The number of halogens is 2. The van der Waals surface area contributed by atoms with Gasteiger partial charge in [-0.15, -0.1) is 0 Å². The standard InChI is InChI=1S/C17H16Cl2N2O3/c1-24-15-5-3-2-4-11(15)6-7-20-16(22)17(23)21-14-9-12(18)8-13(19)10-14/h2-5,8-10H,6-7H2,1H3,(H,20,22)(H,21,23). The van der Waals surface area contributed by atoms with Crippen molar-refractivity contribution < 1.29 is 14.3 Å². The zero-order chi connectivity index (χ0) is 17.5. The number of carbonyl (C=O) groups excluding carboxylic acids is 2. The Balaban J connectivity index is 1.86. The predicted octanol–water partition coefficient (Wildman–Crippen LogP) is 3.30. The van der Waals surface area contributed by atoms with Gasteiger partial charge in [-0.25, -0.2) is 0 Å². The zero-order valence-corrected chi connectivity index (χ0v) is 14.4. The largest absolute Gasteiger partial charge is 0.496 e. The Labute approximate surface area is 149 Å². The number of para-hydroxylation sites is 1. The SMILES string of the molecule is COc1ccccc1CCNC(=O)C(=O)Nc1cc(Cl)cc(Cl)c1. The second-order valence-corrected chi connectivity index (χ2v) is 5.80. The van der Waals surface area contributed by atoms with E-state index in [1.807, 2.05) is 24.3 Å². The highest BCUT2D eigenvalue weighted by molar-refractivity contribution is 6.40. The molecule has 0 aromatic heterocycles. The highest BCUT2D eigenvalue weighted by Gasteiger charge is 2.14. The van der Waals surface area contributed by atoms with E-state index in [0.717, 1.165) is 11.3 Å². The van der Waals surface area contributed by atoms with Crippen LogP contribution in [0.3, 0.4) is 0 Å². The highest BCUT2D eigenvalue weighted by atomic mass is 35.5. The molecule has 126 valence electrons. The molecule has 2 N–H and O–H groups in total. The summed E-state index contributed by atoms with van der Waals surface area (Å²) in [5.41, 5.74) is 1.31. The lowest BCUT2D eigenvalue weighted by atomic mass is 10.1. The molecule has 0 heterocycles. The van der Waals surface area contributed by atoms with E-state index in [-0.39, 0.29) is 0 Å². The molecule has 0 fully saturated rings. The van der Waals surface area contributed by atoms with Crippen molar-refractivity contribution in [1.29, 1.82) is 0 Å². The number of ether oxygens (including phenoxy) is 1. The molecule has 0 bridgehead atoms. The van der Waals surface area contributed by atoms with E-state index in [0.29, 0.717) is 28.7 Å². The Kier molecular flexibility index (Phi) is 6.46. The number of rotatable bonds is 5. The third kappa shape index (κ3) is 5.15. The second kappa shape index (κ2) is 8.57. The molecular weight excluding hydrogens is 351 g/mol. The molecule has 0 aliphatic carbocycles. The molecule has 0 saturated carbocycles. The Morgan fingerprint density at radius 3 is 2.38 bits per heavy atom. The number of carbonyl (C=O) groups is 2. The minimum atomic E-state index is -0.784. The molecule has 0 radical (unpaired) electrons. The van der Waals surface area contributed by atoms with Crippen LogP contribution in [-0.4, -0.2) is 25.5 Å². The van der Waals surface area contributed by atoms with Crippen LogP contribution in [0.4, 0.5) is 5.69 Å². The minimum Gasteiger partial charge on any atom is -0.496 e. The summed E-state index contributed by atoms with van der Waals surface area (Å²) in [6.07, 6.45) is 0.548. The molecule has 0 spiro atoms. The highest BCUT2D eigenvalue weighted by Crippen LogP contribution is 2.22. The van der Waals surface area contributed by atoms with Crippen molar-refractivity contribution in [1.82, 2.24) is 5.32 Å². The third-order valence-corrected chi connectivity index (χ3v) is 3.64. The van der Waals surface area contributed by atoms with Gasteiger partial charge < -0.3 is 15.4 Å². The number of anilines is 1. The van der Waals surface area contributed by atoms with Crippen molar-refractivity contribution in [2.75, 3.05) is 19.0 Å². The van der Waals surface area contributed by atoms with Crippen molar-refractivity contribution >= 4 is 40.7 Å². The molecule has 0 aliphatic heterocycles. The smallest absolute Gasteiger partial charge is 0.313 e. The van der Waals surface area contributed by atoms with E-state index in [4.69, 9.17) is 27.9 Å². The quantitative estimate of drug-likeness (QED) is 0.797. The molecule has 24 heavy (non-hydrogen) atoms. The van der Waals surface area contributed by atoms with Gasteiger partial charge in [0.15, 0.2) is 0 Å². The summed E-state index contributed by atoms with van der Waals surface area (Å²) in [6, 6.07) is 12.0. The van der Waals surface area contributed by atoms with Crippen LogP contribution >= 0.6 is 23.2 Å². The Morgan fingerprint density at radius 1 is 1.04 bits per heavy atom. The molecule has 0 saturated heterocycles. The van der Waals surface area contributed by atoms with Crippen molar-refractivity contribution in [2.24, 2.45) is 0 Å². The van der Waals surface area contributed by atoms with Crippen molar-refractivity contribution in [3.8, 4) is 5.75 Å². The van der Waals surface area contributed by atoms with Gasteiger partial charge in [-0.05, 0) is 36.2 Å². The van der Waals surface area contributed by atoms with Crippen LogP contribution in [0.1, 0.15) is 5.56 Å². The summed E-state index contributed by atoms with van der Waals surface area (Å²) in [4.78, 5) is 23.7. The summed E-state index contributed by atoms with van der Waals surface area (Å²) in [7, 11) is 1.58. The minimum absolute atomic E-state index is 0.308. The summed E-state index contributed by atoms with van der Waals surface area (Å²) in [5, 5.41) is 5.75. The van der Waals surface area contributed by atoms with Crippen LogP contribution in [0, 0.1) is 0 Å². The Morgan fingerprint density at radius 2 is 1.71 bits per heavy atom. The molecule has 5 nitrogen and oxygen atoms in total. The maximum atomic E-state index is 11.9. The fourth-order valence-corrected chi connectivity index (χ4v) is 2.64. The zero-order valence-electron chi connectivity index (χ0n) is 12.9. The van der Waals surface area contributed by atoms with Crippen molar-refractivity contribution in [3.05, 3.63) is 58.1 Å². The van der Waals surface area contributed by atoms with Gasteiger partial charge in [0.05, 0.1) is 7.11 Å². The van der Waals surface area contributed by atoms with E-state index in [9.17, 15) is 9.59 Å². The number of benzene rings is 2.